The van der Waals surface area contributed by atoms with Gasteiger partial charge in [-0.05, 0) is 6.42 Å². The zero-order valence-electron chi connectivity index (χ0n) is 9.71. The van der Waals surface area contributed by atoms with Gasteiger partial charge < -0.3 is 19.4 Å². The fourth-order valence-corrected chi connectivity index (χ4v) is 1.34. The van der Waals surface area contributed by atoms with Gasteiger partial charge in [0, 0.05) is 6.61 Å². The lowest BCUT2D eigenvalue weighted by atomic mass is 10.3. The standard InChI is InChI=1S/C10H12N4O4/c1-2-3-17-4-6-13-9(18-14-6)7-8(10(15)16)12-5-11-7/h5H,2-4H2,1H3,(H,11,12)(H,15,16). The normalized spacial score (nSPS) is 10.7. The Morgan fingerprint density at radius 2 is 2.44 bits per heavy atom. The molecule has 0 bridgehead atoms. The van der Waals surface area contributed by atoms with Gasteiger partial charge in [0.25, 0.3) is 5.89 Å². The minimum Gasteiger partial charge on any atom is -0.476 e. The highest BCUT2D eigenvalue weighted by atomic mass is 16.5. The van der Waals surface area contributed by atoms with Crippen LogP contribution in [0.1, 0.15) is 29.7 Å². The van der Waals surface area contributed by atoms with Gasteiger partial charge in [-0.25, -0.2) is 9.78 Å². The Morgan fingerprint density at radius 3 is 3.17 bits per heavy atom. The predicted molar refractivity (Wildman–Crippen MR) is 58.8 cm³/mol. The van der Waals surface area contributed by atoms with Gasteiger partial charge >= 0.3 is 5.97 Å². The Hall–Kier alpha value is -2.22. The second-order valence-corrected chi connectivity index (χ2v) is 3.50. The number of hydrogen-bond donors (Lipinski definition) is 2. The van der Waals surface area contributed by atoms with E-state index >= 15 is 0 Å². The van der Waals surface area contributed by atoms with Crippen LogP contribution in [0, 0.1) is 0 Å². The van der Waals surface area contributed by atoms with Crippen molar-refractivity contribution in [3.05, 3.63) is 17.8 Å². The van der Waals surface area contributed by atoms with Crippen molar-refractivity contribution in [2.75, 3.05) is 6.61 Å². The number of rotatable bonds is 6. The highest BCUT2D eigenvalue weighted by Crippen LogP contribution is 2.18. The highest BCUT2D eigenvalue weighted by molar-refractivity contribution is 5.91. The number of H-pyrrole nitrogens is 1. The lowest BCUT2D eigenvalue weighted by molar-refractivity contribution is 0.0691. The maximum absolute atomic E-state index is 10.9. The first kappa shape index (κ1) is 12.2. The van der Waals surface area contributed by atoms with E-state index in [0.29, 0.717) is 12.4 Å². The summed E-state index contributed by atoms with van der Waals surface area (Å²) < 4.78 is 10.2. The third-order valence-corrected chi connectivity index (χ3v) is 2.10. The zero-order chi connectivity index (χ0) is 13.0. The van der Waals surface area contributed by atoms with Gasteiger partial charge in [-0.2, -0.15) is 4.98 Å². The van der Waals surface area contributed by atoms with E-state index in [2.05, 4.69) is 20.1 Å². The van der Waals surface area contributed by atoms with Crippen molar-refractivity contribution in [3.63, 3.8) is 0 Å². The minimum absolute atomic E-state index is 0.0833. The van der Waals surface area contributed by atoms with Crippen molar-refractivity contribution in [1.29, 1.82) is 0 Å². The first-order chi connectivity index (χ1) is 8.72. The van der Waals surface area contributed by atoms with Gasteiger partial charge in [-0.3, -0.25) is 0 Å². The molecule has 2 heterocycles. The summed E-state index contributed by atoms with van der Waals surface area (Å²) in [5.41, 5.74) is 0.0384. The molecule has 0 aliphatic carbocycles. The first-order valence-corrected chi connectivity index (χ1v) is 5.39. The Labute approximate surface area is 102 Å². The number of ether oxygens (including phenoxy) is 1. The number of hydrogen-bond acceptors (Lipinski definition) is 6. The number of imidazole rings is 1. The number of carboxylic acid groups (broad SMARTS) is 1. The molecule has 0 aliphatic rings. The maximum Gasteiger partial charge on any atom is 0.356 e. The van der Waals surface area contributed by atoms with E-state index in [4.69, 9.17) is 14.4 Å². The van der Waals surface area contributed by atoms with Crippen LogP contribution >= 0.6 is 0 Å². The molecule has 96 valence electrons. The quantitative estimate of drug-likeness (QED) is 0.739. The van der Waals surface area contributed by atoms with Crippen molar-refractivity contribution in [1.82, 2.24) is 20.1 Å². The predicted octanol–water partition coefficient (Wildman–Crippen LogP) is 1.08. The number of aromatic amines is 1. The van der Waals surface area contributed by atoms with Crippen molar-refractivity contribution in [2.45, 2.75) is 20.0 Å². The van der Waals surface area contributed by atoms with Crippen LogP contribution in [0.4, 0.5) is 0 Å². The molecule has 2 aromatic heterocycles. The number of aromatic nitrogens is 4. The van der Waals surface area contributed by atoms with E-state index in [1.54, 1.807) is 0 Å². The topological polar surface area (TPSA) is 114 Å². The summed E-state index contributed by atoms with van der Waals surface area (Å²) in [6.45, 7) is 2.83. The molecule has 8 heteroatoms. The van der Waals surface area contributed by atoms with Crippen molar-refractivity contribution < 1.29 is 19.2 Å². The molecular weight excluding hydrogens is 240 g/mol. The molecule has 0 aromatic carbocycles. The Kier molecular flexibility index (Phi) is 3.68. The average Bonchev–Trinajstić information content (AvgIpc) is 2.96. The highest BCUT2D eigenvalue weighted by Gasteiger charge is 2.20. The number of nitrogens with zero attached hydrogens (tertiary/aromatic N) is 3. The van der Waals surface area contributed by atoms with Gasteiger partial charge in [0.05, 0.1) is 6.33 Å². The SMILES string of the molecule is CCCOCc1noc(-c2[nH]cnc2C(=O)O)n1. The average molecular weight is 252 g/mol. The lowest BCUT2D eigenvalue weighted by Crippen LogP contribution is -1.99. The monoisotopic (exact) mass is 252 g/mol. The molecule has 0 radical (unpaired) electrons. The number of carbonyl (C=O) groups is 1. The summed E-state index contributed by atoms with van der Waals surface area (Å²) in [5, 5.41) is 12.6. The first-order valence-electron chi connectivity index (χ1n) is 5.39. The molecule has 8 nitrogen and oxygen atoms in total. The van der Waals surface area contributed by atoms with E-state index in [1.165, 1.54) is 6.33 Å². The molecule has 0 amide bonds. The number of carboxylic acids is 1. The van der Waals surface area contributed by atoms with Crippen LogP contribution in [-0.2, 0) is 11.3 Å². The summed E-state index contributed by atoms with van der Waals surface area (Å²) in [6.07, 6.45) is 2.16. The third kappa shape index (κ3) is 2.54. The van der Waals surface area contributed by atoms with E-state index in [9.17, 15) is 4.79 Å². The van der Waals surface area contributed by atoms with Crippen LogP contribution in [0.25, 0.3) is 11.6 Å². The molecule has 0 aliphatic heterocycles. The van der Waals surface area contributed by atoms with E-state index < -0.39 is 5.97 Å². The van der Waals surface area contributed by atoms with Crippen LogP contribution in [0.5, 0.6) is 0 Å². The van der Waals surface area contributed by atoms with E-state index in [-0.39, 0.29) is 23.9 Å². The van der Waals surface area contributed by atoms with E-state index in [0.717, 1.165) is 6.42 Å². The van der Waals surface area contributed by atoms with Crippen molar-refractivity contribution in [3.8, 4) is 11.6 Å². The van der Waals surface area contributed by atoms with Crippen molar-refractivity contribution >= 4 is 5.97 Å². The minimum atomic E-state index is -1.16. The van der Waals surface area contributed by atoms with Gasteiger partial charge in [-0.1, -0.05) is 12.1 Å². The zero-order valence-corrected chi connectivity index (χ0v) is 9.71. The number of aromatic carboxylic acids is 1. The second kappa shape index (κ2) is 5.41. The maximum atomic E-state index is 10.9. The van der Waals surface area contributed by atoms with Crippen molar-refractivity contribution in [2.24, 2.45) is 0 Å². The molecule has 0 unspecified atom stereocenters. The Morgan fingerprint density at radius 1 is 1.61 bits per heavy atom. The summed E-state index contributed by atoms with van der Waals surface area (Å²) in [6, 6.07) is 0. The van der Waals surface area contributed by atoms with Crippen LogP contribution < -0.4 is 0 Å². The molecule has 2 N–H and O–H groups in total. The summed E-state index contributed by atoms with van der Waals surface area (Å²) in [4.78, 5) is 21.2. The summed E-state index contributed by atoms with van der Waals surface area (Å²) in [7, 11) is 0. The second-order valence-electron chi connectivity index (χ2n) is 3.50. The molecular formula is C10H12N4O4. The molecule has 0 spiro atoms. The third-order valence-electron chi connectivity index (χ3n) is 2.10. The van der Waals surface area contributed by atoms with Gasteiger partial charge in [0.15, 0.2) is 11.5 Å². The molecule has 0 fully saturated rings. The lowest BCUT2D eigenvalue weighted by Gasteiger charge is -1.95. The largest absolute Gasteiger partial charge is 0.476 e. The molecule has 0 atom stereocenters. The number of nitrogens with one attached hydrogen (secondary N) is 1. The van der Waals surface area contributed by atoms with Crippen LogP contribution in [0.2, 0.25) is 0 Å². The van der Waals surface area contributed by atoms with Gasteiger partial charge in [-0.15, -0.1) is 0 Å². The van der Waals surface area contributed by atoms with Crippen LogP contribution in [0.15, 0.2) is 10.9 Å². The van der Waals surface area contributed by atoms with E-state index in [1.807, 2.05) is 6.92 Å². The van der Waals surface area contributed by atoms with Gasteiger partial charge in [0.1, 0.15) is 12.3 Å². The fourth-order valence-electron chi connectivity index (χ4n) is 1.34. The Balaban J connectivity index is 2.14. The summed E-state index contributed by atoms with van der Waals surface area (Å²) >= 11 is 0. The molecule has 2 rings (SSSR count). The molecule has 0 saturated heterocycles. The molecule has 18 heavy (non-hydrogen) atoms. The smallest absolute Gasteiger partial charge is 0.356 e. The van der Waals surface area contributed by atoms with Crippen LogP contribution in [-0.4, -0.2) is 37.8 Å². The molecule has 0 saturated carbocycles. The fraction of sp³-hybridized carbons (Fsp3) is 0.400. The summed E-state index contributed by atoms with van der Waals surface area (Å²) in [5.74, 6) is -0.711. The van der Waals surface area contributed by atoms with Gasteiger partial charge in [0.2, 0.25) is 0 Å². The Bertz CT molecular complexity index is 533. The van der Waals surface area contributed by atoms with Crippen LogP contribution in [0.3, 0.4) is 0 Å². The molecule has 2 aromatic rings.